The Labute approximate surface area is 194 Å². The van der Waals surface area contributed by atoms with Crippen LogP contribution in [0.4, 0.5) is 0 Å². The summed E-state index contributed by atoms with van der Waals surface area (Å²) >= 11 is 4.83. The van der Waals surface area contributed by atoms with Crippen molar-refractivity contribution in [3.05, 3.63) is 38.2 Å². The molecule has 1 aliphatic rings. The normalized spacial score (nSPS) is 15.1. The SMILES string of the molecule is CC(=O)N1CCN(CCNC(=O)c2cnc3c(c2)[nH]c(=O)c2c3nn3cc(Br)sc23)CC1. The maximum Gasteiger partial charge on any atom is 0.261 e. The molecule has 0 saturated carbocycles. The van der Waals surface area contributed by atoms with Gasteiger partial charge in [0.2, 0.25) is 5.91 Å². The number of hydrogen-bond acceptors (Lipinski definition) is 7. The Balaban J connectivity index is 1.30. The molecule has 4 aromatic heterocycles. The summed E-state index contributed by atoms with van der Waals surface area (Å²) in [7, 11) is 0. The van der Waals surface area contributed by atoms with Crippen LogP contribution in [0.25, 0.3) is 26.8 Å². The van der Waals surface area contributed by atoms with Crippen LogP contribution in [0.15, 0.2) is 27.0 Å². The van der Waals surface area contributed by atoms with Crippen LogP contribution in [0.5, 0.6) is 0 Å². The Morgan fingerprint density at radius 1 is 1.25 bits per heavy atom. The summed E-state index contributed by atoms with van der Waals surface area (Å²) in [6.07, 6.45) is 3.30. The quantitative estimate of drug-likeness (QED) is 0.423. The lowest BCUT2D eigenvalue weighted by Gasteiger charge is -2.34. The first kappa shape index (κ1) is 21.0. The van der Waals surface area contributed by atoms with Gasteiger partial charge in [-0.05, 0) is 22.0 Å². The van der Waals surface area contributed by atoms with Gasteiger partial charge >= 0.3 is 0 Å². The Morgan fingerprint density at radius 3 is 2.78 bits per heavy atom. The number of hydrogen-bond donors (Lipinski definition) is 2. The maximum absolute atomic E-state index is 12.7. The smallest absolute Gasteiger partial charge is 0.261 e. The van der Waals surface area contributed by atoms with Crippen LogP contribution in [0.3, 0.4) is 0 Å². The van der Waals surface area contributed by atoms with Crippen LogP contribution < -0.4 is 10.9 Å². The Kier molecular flexibility index (Phi) is 5.43. The highest BCUT2D eigenvalue weighted by Crippen LogP contribution is 2.30. The lowest BCUT2D eigenvalue weighted by Crippen LogP contribution is -2.49. The number of pyridine rings is 2. The number of carbonyl (C=O) groups is 2. The number of rotatable bonds is 4. The highest BCUT2D eigenvalue weighted by Gasteiger charge is 2.19. The molecule has 10 nitrogen and oxygen atoms in total. The summed E-state index contributed by atoms with van der Waals surface area (Å²) in [6, 6.07) is 1.63. The second-order valence-electron chi connectivity index (χ2n) is 7.69. The fraction of sp³-hybridized carbons (Fsp3) is 0.350. The molecule has 5 heterocycles. The molecule has 4 aromatic rings. The lowest BCUT2D eigenvalue weighted by molar-refractivity contribution is -0.130. The first-order valence-corrected chi connectivity index (χ1v) is 11.8. The molecule has 5 rings (SSSR count). The van der Waals surface area contributed by atoms with Crippen LogP contribution in [0.2, 0.25) is 0 Å². The largest absolute Gasteiger partial charge is 0.351 e. The zero-order chi connectivity index (χ0) is 22.4. The third-order valence-electron chi connectivity index (χ3n) is 5.67. The molecule has 0 atom stereocenters. The molecule has 12 heteroatoms. The van der Waals surface area contributed by atoms with E-state index in [1.807, 2.05) is 4.90 Å². The Bertz CT molecular complexity index is 1420. The minimum absolute atomic E-state index is 0.0975. The zero-order valence-electron chi connectivity index (χ0n) is 17.2. The molecule has 2 amide bonds. The number of H-pyrrole nitrogens is 1. The van der Waals surface area contributed by atoms with Crippen molar-refractivity contribution in [1.29, 1.82) is 0 Å². The third-order valence-corrected chi connectivity index (χ3v) is 7.24. The molecule has 0 aliphatic carbocycles. The van der Waals surface area contributed by atoms with Crippen LogP contribution >= 0.6 is 27.3 Å². The van der Waals surface area contributed by atoms with Crippen molar-refractivity contribution in [1.82, 2.24) is 34.7 Å². The van der Waals surface area contributed by atoms with Gasteiger partial charge in [0.05, 0.1) is 21.1 Å². The van der Waals surface area contributed by atoms with Gasteiger partial charge in [0, 0.05) is 52.4 Å². The zero-order valence-corrected chi connectivity index (χ0v) is 19.6. The van der Waals surface area contributed by atoms with Crippen molar-refractivity contribution in [3.63, 3.8) is 0 Å². The summed E-state index contributed by atoms with van der Waals surface area (Å²) in [4.78, 5) is 48.8. The summed E-state index contributed by atoms with van der Waals surface area (Å²) in [6.45, 7) is 5.78. The first-order valence-electron chi connectivity index (χ1n) is 10.2. The fourth-order valence-electron chi connectivity index (χ4n) is 3.96. The van der Waals surface area contributed by atoms with Gasteiger partial charge in [-0.3, -0.25) is 24.3 Å². The molecule has 0 aromatic carbocycles. The number of aromatic nitrogens is 4. The van der Waals surface area contributed by atoms with Crippen LogP contribution in [-0.2, 0) is 4.79 Å². The lowest BCUT2D eigenvalue weighted by atomic mass is 10.2. The van der Waals surface area contributed by atoms with Crippen molar-refractivity contribution in [2.45, 2.75) is 6.92 Å². The van der Waals surface area contributed by atoms with E-state index in [4.69, 9.17) is 0 Å². The number of fused-ring (bicyclic) bond motifs is 5. The average Bonchev–Trinajstić information content (AvgIpc) is 3.30. The Hall–Kier alpha value is -2.83. The van der Waals surface area contributed by atoms with Crippen LogP contribution in [0, 0.1) is 0 Å². The molecular weight excluding hydrogens is 498 g/mol. The number of aromatic amines is 1. The second kappa shape index (κ2) is 8.26. The second-order valence-corrected chi connectivity index (χ2v) is 10.1. The van der Waals surface area contributed by atoms with Crippen molar-refractivity contribution >= 4 is 65.8 Å². The number of piperazine rings is 1. The fourth-order valence-corrected chi connectivity index (χ4v) is 5.43. The topological polar surface area (TPSA) is 116 Å². The standard InChI is InChI=1S/C20H20BrN7O3S/c1-11(29)27-6-4-26(5-7-27)3-2-22-18(30)12-8-13-16(23-9-12)17-15(19(31)24-13)20-28(25-17)10-14(21)32-20/h8-10H,2-7H2,1H3,(H,22,30)(H,24,31). The molecule has 166 valence electrons. The van der Waals surface area contributed by atoms with E-state index < -0.39 is 0 Å². The Morgan fingerprint density at radius 2 is 2.03 bits per heavy atom. The van der Waals surface area contributed by atoms with E-state index in [1.165, 1.54) is 17.5 Å². The minimum atomic E-state index is -0.263. The van der Waals surface area contributed by atoms with E-state index in [2.05, 4.69) is 41.2 Å². The number of halogens is 1. The van der Waals surface area contributed by atoms with Gasteiger partial charge in [-0.2, -0.15) is 5.10 Å². The van der Waals surface area contributed by atoms with Gasteiger partial charge in [-0.25, -0.2) is 4.52 Å². The molecule has 1 aliphatic heterocycles. The highest BCUT2D eigenvalue weighted by atomic mass is 79.9. The molecule has 0 radical (unpaired) electrons. The van der Waals surface area contributed by atoms with Crippen molar-refractivity contribution in [2.75, 3.05) is 39.3 Å². The monoisotopic (exact) mass is 517 g/mol. The van der Waals surface area contributed by atoms with E-state index in [0.29, 0.717) is 53.7 Å². The molecule has 1 fully saturated rings. The third kappa shape index (κ3) is 3.78. The van der Waals surface area contributed by atoms with Gasteiger partial charge in [0.25, 0.3) is 11.5 Å². The maximum atomic E-state index is 12.7. The predicted molar refractivity (Wildman–Crippen MR) is 125 cm³/mol. The molecule has 0 bridgehead atoms. The van der Waals surface area contributed by atoms with E-state index in [-0.39, 0.29) is 17.4 Å². The van der Waals surface area contributed by atoms with Crippen molar-refractivity contribution in [3.8, 4) is 0 Å². The average molecular weight is 518 g/mol. The molecule has 0 unspecified atom stereocenters. The van der Waals surface area contributed by atoms with Gasteiger partial charge in [-0.15, -0.1) is 11.3 Å². The van der Waals surface area contributed by atoms with Gasteiger partial charge in [0.15, 0.2) is 0 Å². The predicted octanol–water partition coefficient (Wildman–Crippen LogP) is 1.44. The van der Waals surface area contributed by atoms with Crippen molar-refractivity contribution < 1.29 is 9.59 Å². The summed E-state index contributed by atoms with van der Waals surface area (Å²) in [5, 5.41) is 7.89. The van der Waals surface area contributed by atoms with Crippen molar-refractivity contribution in [2.24, 2.45) is 0 Å². The van der Waals surface area contributed by atoms with Crippen LogP contribution in [0.1, 0.15) is 17.3 Å². The van der Waals surface area contributed by atoms with Gasteiger partial charge < -0.3 is 15.2 Å². The molecule has 2 N–H and O–H groups in total. The van der Waals surface area contributed by atoms with E-state index >= 15 is 0 Å². The van der Waals surface area contributed by atoms with E-state index in [1.54, 1.807) is 23.7 Å². The molecule has 0 spiro atoms. The summed E-state index contributed by atoms with van der Waals surface area (Å²) in [5.74, 6) is -0.155. The number of carbonyl (C=O) groups excluding carboxylic acids is 2. The molecule has 1 saturated heterocycles. The first-order chi connectivity index (χ1) is 15.4. The van der Waals surface area contributed by atoms with Crippen LogP contribution in [-0.4, -0.2) is 80.5 Å². The highest BCUT2D eigenvalue weighted by molar-refractivity contribution is 9.11. The number of nitrogens with zero attached hydrogens (tertiary/aromatic N) is 5. The number of nitrogens with one attached hydrogen (secondary N) is 2. The molecule has 32 heavy (non-hydrogen) atoms. The van der Waals surface area contributed by atoms with Gasteiger partial charge in [-0.1, -0.05) is 0 Å². The van der Waals surface area contributed by atoms with Gasteiger partial charge in [0.1, 0.15) is 21.3 Å². The minimum Gasteiger partial charge on any atom is -0.351 e. The number of amides is 2. The number of thiazole rings is 1. The van der Waals surface area contributed by atoms with E-state index in [9.17, 15) is 14.4 Å². The van der Waals surface area contributed by atoms with E-state index in [0.717, 1.165) is 21.7 Å². The summed E-state index contributed by atoms with van der Waals surface area (Å²) < 4.78 is 2.54. The molecular formula is C20H20BrN7O3S. The summed E-state index contributed by atoms with van der Waals surface area (Å²) in [5.41, 5.74) is 1.64.